The van der Waals surface area contributed by atoms with Crippen LogP contribution in [0.1, 0.15) is 11.1 Å². The van der Waals surface area contributed by atoms with E-state index in [9.17, 15) is 9.59 Å². The number of carbonyl (C=O) groups excluding carboxylic acids is 2. The molecule has 0 radical (unpaired) electrons. The van der Waals surface area contributed by atoms with E-state index >= 15 is 0 Å². The summed E-state index contributed by atoms with van der Waals surface area (Å²) in [5, 5.41) is 6.36. The highest BCUT2D eigenvalue weighted by Gasteiger charge is 2.15. The second kappa shape index (κ2) is 10.6. The van der Waals surface area contributed by atoms with Gasteiger partial charge in [-0.05, 0) is 24.1 Å². The number of methoxy groups -OCH3 is 3. The van der Waals surface area contributed by atoms with Gasteiger partial charge >= 0.3 is 11.8 Å². The first kappa shape index (κ1) is 20.8. The van der Waals surface area contributed by atoms with Crippen LogP contribution < -0.4 is 25.0 Å². The van der Waals surface area contributed by atoms with Crippen molar-refractivity contribution in [3.05, 3.63) is 53.6 Å². The van der Waals surface area contributed by atoms with Crippen molar-refractivity contribution in [2.75, 3.05) is 27.9 Å². The molecule has 0 aromatic heterocycles. The standard InChI is InChI=1S/C20H23N3O5/c1-26-16-10-9-15(17(27-2)18(16)28-3)13-22-23-20(25)19(24)21-12-11-14-7-5-4-6-8-14/h4-10,13H,11-12H2,1-3H3,(H,21,24)(H,23,25)/b22-13+. The minimum atomic E-state index is -0.858. The lowest BCUT2D eigenvalue weighted by Crippen LogP contribution is -2.38. The van der Waals surface area contributed by atoms with Crippen molar-refractivity contribution in [3.63, 3.8) is 0 Å². The fraction of sp³-hybridized carbons (Fsp3) is 0.250. The Bertz CT molecular complexity index is 837. The van der Waals surface area contributed by atoms with Gasteiger partial charge in [0.15, 0.2) is 11.5 Å². The first-order valence-corrected chi connectivity index (χ1v) is 8.54. The molecule has 0 aliphatic carbocycles. The van der Waals surface area contributed by atoms with Crippen LogP contribution in [-0.2, 0) is 16.0 Å². The number of ether oxygens (including phenoxy) is 3. The Morgan fingerprint density at radius 3 is 2.29 bits per heavy atom. The summed E-state index contributed by atoms with van der Waals surface area (Å²) in [7, 11) is 4.48. The number of hydrazone groups is 1. The maximum absolute atomic E-state index is 11.8. The van der Waals surface area contributed by atoms with E-state index in [4.69, 9.17) is 14.2 Å². The number of amides is 2. The van der Waals surface area contributed by atoms with Gasteiger partial charge in [0.25, 0.3) is 0 Å². The van der Waals surface area contributed by atoms with E-state index in [2.05, 4.69) is 15.8 Å². The van der Waals surface area contributed by atoms with Crippen LogP contribution in [0.2, 0.25) is 0 Å². The van der Waals surface area contributed by atoms with Crippen molar-refractivity contribution >= 4 is 18.0 Å². The Hall–Kier alpha value is -3.55. The molecule has 148 valence electrons. The molecule has 2 N–H and O–H groups in total. The van der Waals surface area contributed by atoms with Crippen molar-refractivity contribution in [2.24, 2.45) is 5.10 Å². The predicted octanol–water partition coefficient (Wildman–Crippen LogP) is 1.52. The van der Waals surface area contributed by atoms with Crippen LogP contribution in [-0.4, -0.2) is 45.9 Å². The molecule has 2 aromatic rings. The maximum Gasteiger partial charge on any atom is 0.329 e. The number of carbonyl (C=O) groups is 2. The summed E-state index contributed by atoms with van der Waals surface area (Å²) >= 11 is 0. The summed E-state index contributed by atoms with van der Waals surface area (Å²) in [6, 6.07) is 13.0. The van der Waals surface area contributed by atoms with Gasteiger partial charge in [0.05, 0.1) is 27.5 Å². The van der Waals surface area contributed by atoms with Crippen LogP contribution in [0, 0.1) is 0 Å². The number of nitrogens with one attached hydrogen (secondary N) is 2. The first-order chi connectivity index (χ1) is 13.6. The summed E-state index contributed by atoms with van der Waals surface area (Å²) in [6.07, 6.45) is 1.99. The molecule has 8 nitrogen and oxygen atoms in total. The normalized spacial score (nSPS) is 10.4. The highest BCUT2D eigenvalue weighted by atomic mass is 16.5. The molecule has 0 aliphatic heterocycles. The van der Waals surface area contributed by atoms with E-state index in [1.165, 1.54) is 27.5 Å². The molecule has 0 bridgehead atoms. The third-order valence-corrected chi connectivity index (χ3v) is 3.85. The average molecular weight is 385 g/mol. The summed E-state index contributed by atoms with van der Waals surface area (Å²) in [5.41, 5.74) is 3.81. The SMILES string of the molecule is COc1ccc(/C=N/NC(=O)C(=O)NCCc2ccccc2)c(OC)c1OC. The Labute approximate surface area is 163 Å². The van der Waals surface area contributed by atoms with Crippen molar-refractivity contribution in [2.45, 2.75) is 6.42 Å². The zero-order valence-corrected chi connectivity index (χ0v) is 16.0. The maximum atomic E-state index is 11.8. The van der Waals surface area contributed by atoms with Gasteiger partial charge in [0.2, 0.25) is 5.75 Å². The Morgan fingerprint density at radius 2 is 1.64 bits per heavy atom. The monoisotopic (exact) mass is 385 g/mol. The van der Waals surface area contributed by atoms with Gasteiger partial charge in [0, 0.05) is 12.1 Å². The lowest BCUT2D eigenvalue weighted by atomic mass is 10.1. The van der Waals surface area contributed by atoms with Crippen LogP contribution in [0.5, 0.6) is 17.2 Å². The van der Waals surface area contributed by atoms with E-state index < -0.39 is 11.8 Å². The van der Waals surface area contributed by atoms with Crippen LogP contribution in [0.15, 0.2) is 47.6 Å². The number of hydrogen-bond donors (Lipinski definition) is 2. The fourth-order valence-corrected chi connectivity index (χ4v) is 2.48. The lowest BCUT2D eigenvalue weighted by molar-refractivity contribution is -0.139. The van der Waals surface area contributed by atoms with Gasteiger partial charge in [-0.15, -0.1) is 0 Å². The number of nitrogens with zero attached hydrogens (tertiary/aromatic N) is 1. The third kappa shape index (κ3) is 5.47. The van der Waals surface area contributed by atoms with Gasteiger partial charge in [-0.25, -0.2) is 5.43 Å². The van der Waals surface area contributed by atoms with Crippen LogP contribution in [0.3, 0.4) is 0 Å². The molecule has 0 unspecified atom stereocenters. The molecule has 0 heterocycles. The largest absolute Gasteiger partial charge is 0.493 e. The van der Waals surface area contributed by atoms with Crippen molar-refractivity contribution in [3.8, 4) is 17.2 Å². The molecule has 2 rings (SSSR count). The second-order valence-electron chi connectivity index (χ2n) is 5.61. The van der Waals surface area contributed by atoms with Crippen molar-refractivity contribution in [1.82, 2.24) is 10.7 Å². The summed E-state index contributed by atoms with van der Waals surface area (Å²) in [4.78, 5) is 23.7. The fourth-order valence-electron chi connectivity index (χ4n) is 2.48. The number of benzene rings is 2. The van der Waals surface area contributed by atoms with E-state index in [1.54, 1.807) is 12.1 Å². The lowest BCUT2D eigenvalue weighted by Gasteiger charge is -2.13. The Balaban J connectivity index is 1.91. The number of rotatable bonds is 8. The van der Waals surface area contributed by atoms with Gasteiger partial charge in [0.1, 0.15) is 0 Å². The van der Waals surface area contributed by atoms with E-state index in [0.717, 1.165) is 5.56 Å². The van der Waals surface area contributed by atoms with E-state index in [0.29, 0.717) is 35.8 Å². The minimum Gasteiger partial charge on any atom is -0.493 e. The van der Waals surface area contributed by atoms with Gasteiger partial charge in [-0.3, -0.25) is 9.59 Å². The van der Waals surface area contributed by atoms with Crippen molar-refractivity contribution < 1.29 is 23.8 Å². The quantitative estimate of drug-likeness (QED) is 0.408. The summed E-state index contributed by atoms with van der Waals surface area (Å²) in [6.45, 7) is 0.351. The molecule has 2 aromatic carbocycles. The zero-order chi connectivity index (χ0) is 20.4. The summed E-state index contributed by atoms with van der Waals surface area (Å²) in [5.74, 6) is -0.319. The topological polar surface area (TPSA) is 98.2 Å². The van der Waals surface area contributed by atoms with E-state index in [1.807, 2.05) is 30.3 Å². The number of hydrogen-bond acceptors (Lipinski definition) is 6. The molecular formula is C20H23N3O5. The third-order valence-electron chi connectivity index (χ3n) is 3.85. The minimum absolute atomic E-state index is 0.351. The van der Waals surface area contributed by atoms with Gasteiger partial charge in [-0.2, -0.15) is 5.10 Å². The zero-order valence-electron chi connectivity index (χ0n) is 16.0. The Kier molecular flexibility index (Phi) is 7.83. The average Bonchev–Trinajstić information content (AvgIpc) is 2.73. The van der Waals surface area contributed by atoms with Crippen molar-refractivity contribution in [1.29, 1.82) is 0 Å². The summed E-state index contributed by atoms with van der Waals surface area (Å²) < 4.78 is 15.8. The molecular weight excluding hydrogens is 362 g/mol. The molecule has 8 heteroatoms. The molecule has 0 saturated carbocycles. The predicted molar refractivity (Wildman–Crippen MR) is 105 cm³/mol. The molecule has 0 aliphatic rings. The molecule has 0 spiro atoms. The van der Waals surface area contributed by atoms with Crippen LogP contribution >= 0.6 is 0 Å². The van der Waals surface area contributed by atoms with Gasteiger partial charge < -0.3 is 19.5 Å². The molecule has 0 atom stereocenters. The second-order valence-corrected chi connectivity index (χ2v) is 5.61. The van der Waals surface area contributed by atoms with Crippen LogP contribution in [0.25, 0.3) is 0 Å². The molecule has 2 amide bonds. The van der Waals surface area contributed by atoms with Gasteiger partial charge in [-0.1, -0.05) is 30.3 Å². The molecule has 0 fully saturated rings. The molecule has 28 heavy (non-hydrogen) atoms. The first-order valence-electron chi connectivity index (χ1n) is 8.54. The Morgan fingerprint density at radius 1 is 0.929 bits per heavy atom. The van der Waals surface area contributed by atoms with E-state index in [-0.39, 0.29) is 0 Å². The smallest absolute Gasteiger partial charge is 0.329 e. The molecule has 0 saturated heterocycles. The van der Waals surface area contributed by atoms with Crippen LogP contribution in [0.4, 0.5) is 0 Å². The highest BCUT2D eigenvalue weighted by Crippen LogP contribution is 2.38. The highest BCUT2D eigenvalue weighted by molar-refractivity contribution is 6.35.